The van der Waals surface area contributed by atoms with Crippen molar-refractivity contribution in [3.05, 3.63) is 23.8 Å². The fourth-order valence-electron chi connectivity index (χ4n) is 1.89. The lowest BCUT2D eigenvalue weighted by molar-refractivity contribution is -0.121. The molecule has 7 heteroatoms. The van der Waals surface area contributed by atoms with Crippen LogP contribution in [0.2, 0.25) is 0 Å². The lowest BCUT2D eigenvalue weighted by Gasteiger charge is -2.10. The number of fused-ring (bicyclic) bond motifs is 1. The zero-order chi connectivity index (χ0) is 14.1. The number of carbonyl (C=O) groups excluding carboxylic acids is 2. The van der Waals surface area contributed by atoms with Crippen LogP contribution in [0.4, 0.5) is 5.13 Å². The van der Waals surface area contributed by atoms with E-state index in [1.165, 1.54) is 11.3 Å². The molecule has 0 aliphatic carbocycles. The van der Waals surface area contributed by atoms with Gasteiger partial charge in [0.2, 0.25) is 5.91 Å². The number of benzene rings is 1. The van der Waals surface area contributed by atoms with E-state index in [0.29, 0.717) is 17.3 Å². The molecule has 0 spiro atoms. The Kier molecular flexibility index (Phi) is 3.19. The van der Waals surface area contributed by atoms with Crippen molar-refractivity contribution >= 4 is 44.2 Å². The summed E-state index contributed by atoms with van der Waals surface area (Å²) in [6.07, 6.45) is 0.632. The minimum Gasteiger partial charge on any atom is -0.297 e. The number of thiazole rings is 1. The van der Waals surface area contributed by atoms with Gasteiger partial charge in [-0.05, 0) is 24.6 Å². The van der Waals surface area contributed by atoms with Crippen LogP contribution in [-0.4, -0.2) is 22.5 Å². The highest BCUT2D eigenvalue weighted by Crippen LogP contribution is 2.26. The van der Waals surface area contributed by atoms with E-state index in [4.69, 9.17) is 0 Å². The molecule has 1 aromatic heterocycles. The number of aryl methyl sites for hydroxylation is 1. The number of hydrazone groups is 1. The average molecular weight is 288 g/mol. The summed E-state index contributed by atoms with van der Waals surface area (Å²) < 4.78 is 1.03. The second kappa shape index (κ2) is 5.01. The first-order chi connectivity index (χ1) is 9.61. The third kappa shape index (κ3) is 2.53. The van der Waals surface area contributed by atoms with Gasteiger partial charge in [0.1, 0.15) is 5.71 Å². The molecule has 2 amide bonds. The first kappa shape index (κ1) is 12.7. The third-order valence-corrected chi connectivity index (χ3v) is 3.86. The number of carbonyl (C=O) groups is 2. The van der Waals surface area contributed by atoms with Crippen molar-refractivity contribution in [2.45, 2.75) is 19.8 Å². The van der Waals surface area contributed by atoms with Gasteiger partial charge in [-0.15, -0.1) is 0 Å². The molecule has 0 fully saturated rings. The van der Waals surface area contributed by atoms with E-state index < -0.39 is 0 Å². The lowest BCUT2D eigenvalue weighted by atomic mass is 10.2. The van der Waals surface area contributed by atoms with Crippen LogP contribution in [0.3, 0.4) is 0 Å². The van der Waals surface area contributed by atoms with Crippen LogP contribution in [0.15, 0.2) is 23.3 Å². The Morgan fingerprint density at radius 2 is 2.25 bits per heavy atom. The largest absolute Gasteiger partial charge is 0.297 e. The lowest BCUT2D eigenvalue weighted by Crippen LogP contribution is -2.32. The second-order valence-electron chi connectivity index (χ2n) is 4.54. The summed E-state index contributed by atoms with van der Waals surface area (Å²) >= 11 is 1.42. The number of hydrogen-bond acceptors (Lipinski definition) is 5. The maximum atomic E-state index is 12.0. The highest BCUT2D eigenvalue weighted by Gasteiger charge is 2.19. The number of rotatable bonds is 2. The molecule has 1 aliphatic rings. The molecular formula is C13H12N4O2S. The van der Waals surface area contributed by atoms with Gasteiger partial charge in [-0.1, -0.05) is 17.4 Å². The van der Waals surface area contributed by atoms with Crippen LogP contribution in [0.25, 0.3) is 10.2 Å². The summed E-state index contributed by atoms with van der Waals surface area (Å²) in [4.78, 5) is 27.3. The van der Waals surface area contributed by atoms with Gasteiger partial charge in [0.25, 0.3) is 5.91 Å². The maximum absolute atomic E-state index is 12.0. The van der Waals surface area contributed by atoms with Crippen molar-refractivity contribution in [3.8, 4) is 0 Å². The van der Waals surface area contributed by atoms with Gasteiger partial charge in [0, 0.05) is 12.8 Å². The minimum atomic E-state index is -0.319. The summed E-state index contributed by atoms with van der Waals surface area (Å²) in [6.45, 7) is 2.01. The Balaban J connectivity index is 1.79. The Morgan fingerprint density at radius 3 is 3.00 bits per heavy atom. The van der Waals surface area contributed by atoms with Crippen molar-refractivity contribution in [2.24, 2.45) is 5.10 Å². The Hall–Kier alpha value is -2.28. The molecule has 2 N–H and O–H groups in total. The number of hydrogen-bond donors (Lipinski definition) is 2. The number of nitrogens with one attached hydrogen (secondary N) is 2. The van der Waals surface area contributed by atoms with E-state index in [0.717, 1.165) is 15.8 Å². The number of aromatic nitrogens is 1. The molecule has 1 aromatic carbocycles. The van der Waals surface area contributed by atoms with Gasteiger partial charge in [-0.3, -0.25) is 14.9 Å². The first-order valence-corrected chi connectivity index (χ1v) is 6.97. The standard InChI is InChI=1S/C13H12N4O2S/c1-7-2-3-8-10(6-7)20-13(14-8)15-12(19)9-4-5-11(18)17-16-9/h2-3,6H,4-5H2,1H3,(H,17,18)(H,14,15,19). The molecular weight excluding hydrogens is 276 g/mol. The van der Waals surface area contributed by atoms with Crippen molar-refractivity contribution in [3.63, 3.8) is 0 Å². The summed E-state index contributed by atoms with van der Waals surface area (Å²) in [5.74, 6) is -0.488. The Morgan fingerprint density at radius 1 is 1.40 bits per heavy atom. The van der Waals surface area contributed by atoms with Crippen molar-refractivity contribution < 1.29 is 9.59 Å². The molecule has 20 heavy (non-hydrogen) atoms. The normalized spacial score (nSPS) is 14.8. The van der Waals surface area contributed by atoms with E-state index >= 15 is 0 Å². The van der Waals surface area contributed by atoms with E-state index in [-0.39, 0.29) is 18.2 Å². The van der Waals surface area contributed by atoms with E-state index in [1.54, 1.807) is 0 Å². The zero-order valence-electron chi connectivity index (χ0n) is 10.8. The molecule has 1 aliphatic heterocycles. The molecule has 0 saturated carbocycles. The topological polar surface area (TPSA) is 83.4 Å². The third-order valence-electron chi connectivity index (χ3n) is 2.93. The van der Waals surface area contributed by atoms with Crippen LogP contribution < -0.4 is 10.7 Å². The zero-order valence-corrected chi connectivity index (χ0v) is 11.6. The first-order valence-electron chi connectivity index (χ1n) is 6.16. The van der Waals surface area contributed by atoms with Crippen LogP contribution in [0, 0.1) is 6.92 Å². The SMILES string of the molecule is Cc1ccc2nc(NC(=O)C3=NNC(=O)CC3)sc2c1. The fraction of sp³-hybridized carbons (Fsp3) is 0.231. The highest BCUT2D eigenvalue weighted by atomic mass is 32.1. The second-order valence-corrected chi connectivity index (χ2v) is 5.57. The number of anilines is 1. The van der Waals surface area contributed by atoms with Crippen molar-refractivity contribution in [1.29, 1.82) is 0 Å². The minimum absolute atomic E-state index is 0.169. The molecule has 6 nitrogen and oxygen atoms in total. The van der Waals surface area contributed by atoms with Gasteiger partial charge in [0.05, 0.1) is 10.2 Å². The van der Waals surface area contributed by atoms with E-state index in [2.05, 4.69) is 20.8 Å². The predicted molar refractivity (Wildman–Crippen MR) is 77.8 cm³/mol. The van der Waals surface area contributed by atoms with Crippen molar-refractivity contribution in [2.75, 3.05) is 5.32 Å². The van der Waals surface area contributed by atoms with E-state index in [1.807, 2.05) is 25.1 Å². The Labute approximate surface area is 118 Å². The maximum Gasteiger partial charge on any atom is 0.273 e. The smallest absolute Gasteiger partial charge is 0.273 e. The highest BCUT2D eigenvalue weighted by molar-refractivity contribution is 7.22. The van der Waals surface area contributed by atoms with Crippen LogP contribution in [0.1, 0.15) is 18.4 Å². The summed E-state index contributed by atoms with van der Waals surface area (Å²) in [5.41, 5.74) is 4.63. The molecule has 2 heterocycles. The average Bonchev–Trinajstić information content (AvgIpc) is 2.80. The molecule has 0 bridgehead atoms. The van der Waals surface area contributed by atoms with Crippen LogP contribution >= 0.6 is 11.3 Å². The fourth-order valence-corrected chi connectivity index (χ4v) is 2.85. The van der Waals surface area contributed by atoms with Crippen LogP contribution in [-0.2, 0) is 9.59 Å². The van der Waals surface area contributed by atoms with Gasteiger partial charge in [0.15, 0.2) is 5.13 Å². The van der Waals surface area contributed by atoms with E-state index in [9.17, 15) is 9.59 Å². The van der Waals surface area contributed by atoms with Gasteiger partial charge in [-0.25, -0.2) is 10.4 Å². The monoisotopic (exact) mass is 288 g/mol. The molecule has 3 rings (SSSR count). The summed E-state index contributed by atoms with van der Waals surface area (Å²) in [5, 5.41) is 7.02. The predicted octanol–water partition coefficient (Wildman–Crippen LogP) is 1.81. The molecule has 0 atom stereocenters. The molecule has 0 radical (unpaired) electrons. The van der Waals surface area contributed by atoms with Crippen molar-refractivity contribution in [1.82, 2.24) is 10.4 Å². The quantitative estimate of drug-likeness (QED) is 0.884. The summed E-state index contributed by atoms with van der Waals surface area (Å²) in [6, 6.07) is 5.94. The Bertz CT molecular complexity index is 735. The molecule has 0 saturated heterocycles. The van der Waals surface area contributed by atoms with Gasteiger partial charge >= 0.3 is 0 Å². The van der Waals surface area contributed by atoms with Crippen LogP contribution in [0.5, 0.6) is 0 Å². The van der Waals surface area contributed by atoms with Gasteiger partial charge < -0.3 is 0 Å². The molecule has 102 valence electrons. The number of amides is 2. The van der Waals surface area contributed by atoms with Gasteiger partial charge in [-0.2, -0.15) is 5.10 Å². The molecule has 0 unspecified atom stereocenters. The molecule has 2 aromatic rings. The number of nitrogens with zero attached hydrogens (tertiary/aromatic N) is 2. The summed E-state index contributed by atoms with van der Waals surface area (Å²) in [7, 11) is 0.